The third kappa shape index (κ3) is 5.43. The van der Waals surface area contributed by atoms with Crippen LogP contribution in [0.25, 0.3) is 0 Å². The maximum absolute atomic E-state index is 6.38. The van der Waals surface area contributed by atoms with Gasteiger partial charge in [0.1, 0.15) is 0 Å². The first kappa shape index (κ1) is 17.5. The molecular weight excluding hydrogens is 272 g/mol. The predicted molar refractivity (Wildman–Crippen MR) is 86.3 cm³/mol. The Kier molecular flexibility index (Phi) is 6.49. The Balaban J connectivity index is 2.96. The smallest absolute Gasteiger partial charge is 0.0834 e. The van der Waals surface area contributed by atoms with Gasteiger partial charge in [0.25, 0.3) is 0 Å². The van der Waals surface area contributed by atoms with E-state index in [0.29, 0.717) is 0 Å². The fraction of sp³-hybridized carbons (Fsp3) is 0.800. The molecule has 0 bridgehead atoms. The van der Waals surface area contributed by atoms with Crippen LogP contribution in [0.15, 0.2) is 6.20 Å². The highest BCUT2D eigenvalue weighted by molar-refractivity contribution is 6.31. The van der Waals surface area contributed by atoms with Gasteiger partial charge in [0.05, 0.1) is 29.5 Å². The number of aromatic nitrogens is 2. The SMILES string of the molecule is CCNC(CC(C)(C)C)c1c(Cl)cnn1CCN(C)C. The number of hydrogen-bond acceptors (Lipinski definition) is 3. The van der Waals surface area contributed by atoms with Crippen LogP contribution in [0, 0.1) is 5.41 Å². The van der Waals surface area contributed by atoms with Gasteiger partial charge in [0.15, 0.2) is 0 Å². The molecular formula is C15H29ClN4. The van der Waals surface area contributed by atoms with Crippen LogP contribution in [0.1, 0.15) is 45.9 Å². The van der Waals surface area contributed by atoms with Crippen LogP contribution < -0.4 is 5.32 Å². The molecule has 0 saturated carbocycles. The summed E-state index contributed by atoms with van der Waals surface area (Å²) in [7, 11) is 4.14. The summed E-state index contributed by atoms with van der Waals surface area (Å²) >= 11 is 6.38. The summed E-state index contributed by atoms with van der Waals surface area (Å²) in [6, 6.07) is 0.247. The molecule has 0 spiro atoms. The van der Waals surface area contributed by atoms with E-state index in [1.54, 1.807) is 6.20 Å². The van der Waals surface area contributed by atoms with Crippen molar-refractivity contribution < 1.29 is 0 Å². The molecule has 0 aliphatic carbocycles. The molecule has 116 valence electrons. The Hall–Kier alpha value is -0.580. The van der Waals surface area contributed by atoms with Crippen LogP contribution in [0.5, 0.6) is 0 Å². The summed E-state index contributed by atoms with van der Waals surface area (Å²) in [5.74, 6) is 0. The Morgan fingerprint density at radius 3 is 2.55 bits per heavy atom. The van der Waals surface area contributed by atoms with Gasteiger partial charge in [-0.2, -0.15) is 5.10 Å². The maximum Gasteiger partial charge on any atom is 0.0834 e. The zero-order valence-corrected chi connectivity index (χ0v) is 14.5. The molecule has 1 atom stereocenters. The maximum atomic E-state index is 6.38. The van der Waals surface area contributed by atoms with E-state index in [0.717, 1.165) is 36.8 Å². The lowest BCUT2D eigenvalue weighted by Gasteiger charge is -2.27. The molecule has 0 radical (unpaired) electrons. The molecule has 0 amide bonds. The predicted octanol–water partition coefficient (Wildman–Crippen LogP) is 3.18. The van der Waals surface area contributed by atoms with Crippen molar-refractivity contribution in [2.45, 2.75) is 46.7 Å². The second-order valence-electron chi connectivity index (χ2n) is 6.78. The Morgan fingerprint density at radius 2 is 2.05 bits per heavy atom. The quantitative estimate of drug-likeness (QED) is 0.839. The standard InChI is InChI=1S/C15H29ClN4/c1-7-17-13(10-15(2,3)4)14-12(16)11-18-20(14)9-8-19(5)6/h11,13,17H,7-10H2,1-6H3. The third-order valence-corrected chi connectivity index (χ3v) is 3.48. The minimum Gasteiger partial charge on any atom is -0.309 e. The van der Waals surface area contributed by atoms with Crippen molar-refractivity contribution in [3.63, 3.8) is 0 Å². The van der Waals surface area contributed by atoms with E-state index in [4.69, 9.17) is 11.6 Å². The second-order valence-corrected chi connectivity index (χ2v) is 7.19. The summed E-state index contributed by atoms with van der Waals surface area (Å²) in [4.78, 5) is 2.16. The molecule has 1 heterocycles. The normalized spacial score (nSPS) is 14.0. The summed E-state index contributed by atoms with van der Waals surface area (Å²) in [5.41, 5.74) is 1.36. The lowest BCUT2D eigenvalue weighted by atomic mass is 9.87. The van der Waals surface area contributed by atoms with Crippen molar-refractivity contribution in [2.24, 2.45) is 5.41 Å². The van der Waals surface area contributed by atoms with Crippen LogP contribution in [0.4, 0.5) is 0 Å². The highest BCUT2D eigenvalue weighted by Gasteiger charge is 2.25. The molecule has 0 aromatic carbocycles. The van der Waals surface area contributed by atoms with Gasteiger partial charge in [-0.3, -0.25) is 4.68 Å². The summed E-state index contributed by atoms with van der Waals surface area (Å²) in [5, 5.41) is 8.75. The molecule has 0 fully saturated rings. The van der Waals surface area contributed by atoms with Gasteiger partial charge >= 0.3 is 0 Å². The summed E-state index contributed by atoms with van der Waals surface area (Å²) < 4.78 is 2.04. The van der Waals surface area contributed by atoms with Crippen molar-refractivity contribution in [3.05, 3.63) is 16.9 Å². The van der Waals surface area contributed by atoms with Gasteiger partial charge in [-0.25, -0.2) is 0 Å². The van der Waals surface area contributed by atoms with Gasteiger partial charge in [0.2, 0.25) is 0 Å². The van der Waals surface area contributed by atoms with Crippen LogP contribution in [0.3, 0.4) is 0 Å². The first-order valence-corrected chi connectivity index (χ1v) is 7.71. The Bertz CT molecular complexity index is 406. The molecule has 0 saturated heterocycles. The second kappa shape index (κ2) is 7.43. The van der Waals surface area contributed by atoms with E-state index in [1.165, 1.54) is 0 Å². The molecule has 0 aliphatic heterocycles. The number of nitrogens with one attached hydrogen (secondary N) is 1. The average molecular weight is 301 g/mol. The van der Waals surface area contributed by atoms with Crippen molar-refractivity contribution >= 4 is 11.6 Å². The number of likely N-dealkylation sites (N-methyl/N-ethyl adjacent to an activating group) is 1. The van der Waals surface area contributed by atoms with Crippen LogP contribution in [-0.2, 0) is 6.54 Å². The molecule has 5 heteroatoms. The van der Waals surface area contributed by atoms with E-state index in [2.05, 4.69) is 57.1 Å². The van der Waals surface area contributed by atoms with Crippen molar-refractivity contribution in [2.75, 3.05) is 27.2 Å². The molecule has 4 nitrogen and oxygen atoms in total. The molecule has 1 unspecified atom stereocenters. The fourth-order valence-electron chi connectivity index (χ4n) is 2.32. The average Bonchev–Trinajstić information content (AvgIpc) is 2.65. The van der Waals surface area contributed by atoms with Gasteiger partial charge in [-0.05, 0) is 32.5 Å². The van der Waals surface area contributed by atoms with Gasteiger partial charge in [-0.1, -0.05) is 39.3 Å². The van der Waals surface area contributed by atoms with Crippen molar-refractivity contribution in [1.29, 1.82) is 0 Å². The highest BCUT2D eigenvalue weighted by Crippen LogP contribution is 2.32. The number of halogens is 1. The van der Waals surface area contributed by atoms with Gasteiger partial charge in [0, 0.05) is 6.54 Å². The number of hydrogen-bond donors (Lipinski definition) is 1. The van der Waals surface area contributed by atoms with E-state index >= 15 is 0 Å². The molecule has 1 N–H and O–H groups in total. The minimum atomic E-state index is 0.243. The number of nitrogens with zero attached hydrogens (tertiary/aromatic N) is 3. The lowest BCUT2D eigenvalue weighted by molar-refractivity contribution is 0.298. The van der Waals surface area contributed by atoms with Gasteiger partial charge < -0.3 is 10.2 Å². The van der Waals surface area contributed by atoms with E-state index < -0.39 is 0 Å². The molecule has 20 heavy (non-hydrogen) atoms. The Morgan fingerprint density at radius 1 is 1.40 bits per heavy atom. The van der Waals surface area contributed by atoms with Gasteiger partial charge in [-0.15, -0.1) is 0 Å². The monoisotopic (exact) mass is 300 g/mol. The number of rotatable bonds is 7. The van der Waals surface area contributed by atoms with Crippen molar-refractivity contribution in [3.8, 4) is 0 Å². The molecule has 1 aromatic rings. The first-order chi connectivity index (χ1) is 9.24. The van der Waals surface area contributed by atoms with E-state index in [1.807, 2.05) is 4.68 Å². The van der Waals surface area contributed by atoms with Crippen LogP contribution in [0.2, 0.25) is 5.02 Å². The summed E-state index contributed by atoms with van der Waals surface area (Å²) in [6.45, 7) is 11.6. The zero-order chi connectivity index (χ0) is 15.3. The fourth-order valence-corrected chi connectivity index (χ4v) is 2.59. The highest BCUT2D eigenvalue weighted by atomic mass is 35.5. The largest absolute Gasteiger partial charge is 0.309 e. The molecule has 1 rings (SSSR count). The third-order valence-electron chi connectivity index (χ3n) is 3.19. The topological polar surface area (TPSA) is 33.1 Å². The first-order valence-electron chi connectivity index (χ1n) is 7.34. The Labute approximate surface area is 128 Å². The van der Waals surface area contributed by atoms with Crippen molar-refractivity contribution in [1.82, 2.24) is 20.0 Å². The van der Waals surface area contributed by atoms with E-state index in [9.17, 15) is 0 Å². The minimum absolute atomic E-state index is 0.243. The van der Waals surface area contributed by atoms with Crippen LogP contribution in [-0.4, -0.2) is 41.9 Å². The molecule has 1 aromatic heterocycles. The zero-order valence-electron chi connectivity index (χ0n) is 13.7. The lowest BCUT2D eigenvalue weighted by Crippen LogP contribution is -2.29. The molecule has 0 aliphatic rings. The summed E-state index contributed by atoms with van der Waals surface area (Å²) in [6.07, 6.45) is 2.80. The van der Waals surface area contributed by atoms with Crippen LogP contribution >= 0.6 is 11.6 Å². The van der Waals surface area contributed by atoms with E-state index in [-0.39, 0.29) is 11.5 Å².